The van der Waals surface area contributed by atoms with Crippen molar-refractivity contribution < 1.29 is 14.1 Å². The summed E-state index contributed by atoms with van der Waals surface area (Å²) < 4.78 is 18.5. The molecule has 0 fully saturated rings. The average molecular weight is 330 g/mol. The van der Waals surface area contributed by atoms with Crippen LogP contribution in [-0.4, -0.2) is 14.9 Å². The summed E-state index contributed by atoms with van der Waals surface area (Å²) in [5.41, 5.74) is -1.11. The third kappa shape index (κ3) is 2.60. The van der Waals surface area contributed by atoms with Crippen molar-refractivity contribution in [2.24, 2.45) is 0 Å². The lowest BCUT2D eigenvalue weighted by atomic mass is 10.3. The molecule has 1 heterocycles. The van der Waals surface area contributed by atoms with Crippen LogP contribution in [0.1, 0.15) is 0 Å². The number of hydrogen-bond acceptors (Lipinski definition) is 5. The van der Waals surface area contributed by atoms with Crippen molar-refractivity contribution in [2.45, 2.75) is 0 Å². The van der Waals surface area contributed by atoms with E-state index in [1.54, 1.807) is 0 Å². The third-order valence-corrected chi connectivity index (χ3v) is 2.81. The molecule has 0 aliphatic rings. The number of halogens is 2. The van der Waals surface area contributed by atoms with Crippen LogP contribution in [0, 0.1) is 15.9 Å². The van der Waals surface area contributed by atoms with Gasteiger partial charge < -0.3 is 9.72 Å². The number of hydrogen-bond donors (Lipinski definition) is 1. The van der Waals surface area contributed by atoms with E-state index in [4.69, 9.17) is 4.74 Å². The summed E-state index contributed by atoms with van der Waals surface area (Å²) in [4.78, 5) is 27.2. The molecule has 0 saturated heterocycles. The first-order chi connectivity index (χ1) is 9.00. The highest BCUT2D eigenvalue weighted by Crippen LogP contribution is 2.34. The van der Waals surface area contributed by atoms with E-state index in [1.807, 2.05) is 0 Å². The predicted molar refractivity (Wildman–Crippen MR) is 65.7 cm³/mol. The standard InChI is InChI=1S/C10H5BrFN3O4/c11-7-9(16)13-4-14-10(7)19-8-5(12)2-1-3-6(8)15(17)18/h1-4H,(H,13,14,16). The molecule has 0 aliphatic heterocycles. The van der Waals surface area contributed by atoms with Crippen LogP contribution < -0.4 is 10.3 Å². The molecule has 19 heavy (non-hydrogen) atoms. The minimum Gasteiger partial charge on any atom is -0.427 e. The van der Waals surface area contributed by atoms with Gasteiger partial charge in [0.2, 0.25) is 11.6 Å². The number of para-hydroxylation sites is 1. The Hall–Kier alpha value is -2.29. The van der Waals surface area contributed by atoms with Gasteiger partial charge in [-0.1, -0.05) is 6.07 Å². The van der Waals surface area contributed by atoms with Crippen LogP contribution in [0.25, 0.3) is 0 Å². The molecule has 0 amide bonds. The predicted octanol–water partition coefficient (Wildman–Crippen LogP) is 2.37. The van der Waals surface area contributed by atoms with Crippen molar-refractivity contribution in [1.29, 1.82) is 0 Å². The first-order valence-corrected chi connectivity index (χ1v) is 5.64. The summed E-state index contributed by atoms with van der Waals surface area (Å²) in [6.07, 6.45) is 1.04. The van der Waals surface area contributed by atoms with Gasteiger partial charge in [-0.2, -0.15) is 0 Å². The van der Waals surface area contributed by atoms with Crippen LogP contribution in [0.15, 0.2) is 33.8 Å². The van der Waals surface area contributed by atoms with Gasteiger partial charge in [0.1, 0.15) is 4.47 Å². The molecule has 98 valence electrons. The van der Waals surface area contributed by atoms with E-state index in [9.17, 15) is 19.3 Å². The quantitative estimate of drug-likeness (QED) is 0.688. The number of nitrogens with one attached hydrogen (secondary N) is 1. The normalized spacial score (nSPS) is 10.2. The van der Waals surface area contributed by atoms with Crippen molar-refractivity contribution in [3.8, 4) is 11.6 Å². The van der Waals surface area contributed by atoms with Gasteiger partial charge in [-0.05, 0) is 22.0 Å². The summed E-state index contributed by atoms with van der Waals surface area (Å²) in [5.74, 6) is -1.80. The fourth-order valence-corrected chi connectivity index (χ4v) is 1.57. The average Bonchev–Trinajstić information content (AvgIpc) is 2.36. The number of nitro benzene ring substituents is 1. The van der Waals surface area contributed by atoms with Crippen molar-refractivity contribution in [3.63, 3.8) is 0 Å². The topological polar surface area (TPSA) is 98.1 Å². The summed E-state index contributed by atoms with van der Waals surface area (Å²) in [6, 6.07) is 3.27. The molecule has 0 aliphatic carbocycles. The maximum Gasteiger partial charge on any atom is 0.314 e. The van der Waals surface area contributed by atoms with Crippen molar-refractivity contribution >= 4 is 21.6 Å². The first-order valence-electron chi connectivity index (χ1n) is 4.84. The van der Waals surface area contributed by atoms with Gasteiger partial charge in [0.25, 0.3) is 5.56 Å². The second-order valence-electron chi connectivity index (χ2n) is 3.30. The molecule has 0 radical (unpaired) electrons. The van der Waals surface area contributed by atoms with Crippen LogP contribution in [0.4, 0.5) is 10.1 Å². The van der Waals surface area contributed by atoms with E-state index < -0.39 is 27.7 Å². The summed E-state index contributed by atoms with van der Waals surface area (Å²) in [7, 11) is 0. The Balaban J connectivity index is 2.52. The van der Waals surface area contributed by atoms with Crippen LogP contribution >= 0.6 is 15.9 Å². The Morgan fingerprint density at radius 1 is 1.47 bits per heavy atom. The number of nitro groups is 1. The first kappa shape index (κ1) is 13.1. The maximum absolute atomic E-state index is 13.6. The number of aromatic amines is 1. The second kappa shape index (κ2) is 5.14. The van der Waals surface area contributed by atoms with E-state index in [1.165, 1.54) is 6.07 Å². The second-order valence-corrected chi connectivity index (χ2v) is 4.09. The fraction of sp³-hybridized carbons (Fsp3) is 0. The van der Waals surface area contributed by atoms with Crippen LogP contribution in [0.3, 0.4) is 0 Å². The van der Waals surface area contributed by atoms with Crippen molar-refractivity contribution in [2.75, 3.05) is 0 Å². The minimum absolute atomic E-state index is 0.0902. The fourth-order valence-electron chi connectivity index (χ4n) is 1.28. The molecule has 0 saturated carbocycles. The molecular weight excluding hydrogens is 325 g/mol. The Kier molecular flexibility index (Phi) is 3.56. The summed E-state index contributed by atoms with van der Waals surface area (Å²) in [5, 5.41) is 10.8. The molecule has 0 unspecified atom stereocenters. The van der Waals surface area contributed by atoms with Gasteiger partial charge in [0, 0.05) is 6.07 Å². The molecule has 1 aromatic heterocycles. The van der Waals surface area contributed by atoms with Gasteiger partial charge in [-0.25, -0.2) is 9.37 Å². The van der Waals surface area contributed by atoms with E-state index in [0.717, 1.165) is 18.5 Å². The Bertz CT molecular complexity index is 703. The number of H-pyrrole nitrogens is 1. The number of rotatable bonds is 3. The van der Waals surface area contributed by atoms with Gasteiger partial charge in [-0.15, -0.1) is 0 Å². The third-order valence-electron chi connectivity index (χ3n) is 2.11. The van der Waals surface area contributed by atoms with Crippen molar-refractivity contribution in [1.82, 2.24) is 9.97 Å². The molecule has 0 spiro atoms. The van der Waals surface area contributed by atoms with Gasteiger partial charge in [-0.3, -0.25) is 14.9 Å². The van der Waals surface area contributed by atoms with Crippen LogP contribution in [-0.2, 0) is 0 Å². The maximum atomic E-state index is 13.6. The molecule has 2 rings (SSSR count). The number of aromatic nitrogens is 2. The van der Waals surface area contributed by atoms with E-state index in [0.29, 0.717) is 0 Å². The highest BCUT2D eigenvalue weighted by molar-refractivity contribution is 9.10. The number of ether oxygens (including phenoxy) is 1. The molecule has 9 heteroatoms. The lowest BCUT2D eigenvalue weighted by molar-refractivity contribution is -0.385. The molecule has 1 aromatic carbocycles. The zero-order valence-electron chi connectivity index (χ0n) is 9.09. The van der Waals surface area contributed by atoms with E-state index in [2.05, 4.69) is 25.9 Å². The van der Waals surface area contributed by atoms with E-state index in [-0.39, 0.29) is 10.4 Å². The van der Waals surface area contributed by atoms with Gasteiger partial charge in [0.15, 0.2) is 5.82 Å². The van der Waals surface area contributed by atoms with E-state index >= 15 is 0 Å². The minimum atomic E-state index is -0.928. The highest BCUT2D eigenvalue weighted by Gasteiger charge is 2.22. The molecular formula is C10H5BrFN3O4. The van der Waals surface area contributed by atoms with Gasteiger partial charge in [0.05, 0.1) is 11.3 Å². The summed E-state index contributed by atoms with van der Waals surface area (Å²) in [6.45, 7) is 0. The number of nitrogens with zero attached hydrogens (tertiary/aromatic N) is 2. The molecule has 7 nitrogen and oxygen atoms in total. The Labute approximate surface area is 113 Å². The zero-order chi connectivity index (χ0) is 14.0. The molecule has 0 bridgehead atoms. The molecule has 2 aromatic rings. The van der Waals surface area contributed by atoms with Crippen LogP contribution in [0.2, 0.25) is 0 Å². The Morgan fingerprint density at radius 2 is 2.21 bits per heavy atom. The highest BCUT2D eigenvalue weighted by atomic mass is 79.9. The lowest BCUT2D eigenvalue weighted by Crippen LogP contribution is -2.09. The largest absolute Gasteiger partial charge is 0.427 e. The van der Waals surface area contributed by atoms with Gasteiger partial charge >= 0.3 is 5.69 Å². The van der Waals surface area contributed by atoms with Crippen molar-refractivity contribution in [3.05, 3.63) is 55.3 Å². The SMILES string of the molecule is O=c1[nH]cnc(Oc2c(F)cccc2[N+](=O)[O-])c1Br. The monoisotopic (exact) mass is 329 g/mol. The molecule has 0 atom stereocenters. The lowest BCUT2D eigenvalue weighted by Gasteiger charge is -2.06. The summed E-state index contributed by atoms with van der Waals surface area (Å²) >= 11 is 2.90. The number of benzene rings is 1. The Morgan fingerprint density at radius 3 is 2.89 bits per heavy atom. The van der Waals surface area contributed by atoms with Crippen LogP contribution in [0.5, 0.6) is 11.6 Å². The zero-order valence-corrected chi connectivity index (χ0v) is 10.7. The molecule has 1 N–H and O–H groups in total. The smallest absolute Gasteiger partial charge is 0.314 e.